The highest BCUT2D eigenvalue weighted by Crippen LogP contribution is 2.37. The van der Waals surface area contributed by atoms with E-state index in [4.69, 9.17) is 4.74 Å². The fourth-order valence-corrected chi connectivity index (χ4v) is 4.83. The van der Waals surface area contributed by atoms with Gasteiger partial charge in [-0.1, -0.05) is 56.3 Å². The van der Waals surface area contributed by atoms with Crippen LogP contribution in [0.5, 0.6) is 5.75 Å². The number of carbonyl (C=O) groups excluding carboxylic acids is 1. The molecule has 3 aromatic carbocycles. The van der Waals surface area contributed by atoms with Gasteiger partial charge in [0.25, 0.3) is 0 Å². The lowest BCUT2D eigenvalue weighted by Crippen LogP contribution is -2.12. The van der Waals surface area contributed by atoms with Crippen LogP contribution in [0.25, 0.3) is 0 Å². The lowest BCUT2D eigenvalue weighted by atomic mass is 10.2. The summed E-state index contributed by atoms with van der Waals surface area (Å²) in [6.45, 7) is 4.28. The number of para-hydroxylation sites is 1. The van der Waals surface area contributed by atoms with Gasteiger partial charge in [-0.25, -0.2) is 4.79 Å². The van der Waals surface area contributed by atoms with E-state index in [2.05, 4.69) is 0 Å². The fourth-order valence-electron chi connectivity index (χ4n) is 2.68. The van der Waals surface area contributed by atoms with Crippen LogP contribution >= 0.6 is 0 Å². The number of hydrogen-bond acceptors (Lipinski definition) is 3. The zero-order valence-electron chi connectivity index (χ0n) is 15.5. The zero-order chi connectivity index (χ0) is 19.2. The van der Waals surface area contributed by atoms with E-state index in [-0.39, 0.29) is 17.2 Å². The van der Waals surface area contributed by atoms with Crippen molar-refractivity contribution in [1.82, 2.24) is 0 Å². The molecule has 0 bridgehead atoms. The van der Waals surface area contributed by atoms with Gasteiger partial charge in [0.05, 0.1) is 6.61 Å². The van der Waals surface area contributed by atoms with E-state index in [0.717, 1.165) is 9.79 Å². The van der Waals surface area contributed by atoms with Crippen LogP contribution in [0.4, 0.5) is 0 Å². The van der Waals surface area contributed by atoms with Crippen molar-refractivity contribution in [2.45, 2.75) is 28.5 Å². The SMILES string of the molecule is CC(C)COC(=O)c1cccc([S+](c2ccccc2)c2ccccc2)c1O. The number of benzene rings is 3. The number of aromatic hydroxyl groups is 1. The molecule has 0 heterocycles. The summed E-state index contributed by atoms with van der Waals surface area (Å²) in [5.74, 6) is -0.266. The minimum atomic E-state index is -0.524. The molecule has 0 amide bonds. The first-order valence-corrected chi connectivity index (χ1v) is 10.1. The van der Waals surface area contributed by atoms with E-state index in [1.165, 1.54) is 0 Å². The van der Waals surface area contributed by atoms with Crippen molar-refractivity contribution in [3.63, 3.8) is 0 Å². The predicted molar refractivity (Wildman–Crippen MR) is 108 cm³/mol. The van der Waals surface area contributed by atoms with Gasteiger partial charge in [-0.05, 0) is 42.3 Å². The third kappa shape index (κ3) is 4.52. The van der Waals surface area contributed by atoms with Gasteiger partial charge < -0.3 is 9.84 Å². The van der Waals surface area contributed by atoms with Gasteiger partial charge in [0.2, 0.25) is 4.90 Å². The minimum absolute atomic E-state index is 0.0118. The Morgan fingerprint density at radius 3 is 1.96 bits per heavy atom. The summed E-state index contributed by atoms with van der Waals surface area (Å²) in [5, 5.41) is 10.9. The van der Waals surface area contributed by atoms with E-state index >= 15 is 0 Å². The van der Waals surface area contributed by atoms with Crippen molar-refractivity contribution < 1.29 is 14.6 Å². The van der Waals surface area contributed by atoms with Gasteiger partial charge in [0.15, 0.2) is 15.5 Å². The number of rotatable bonds is 6. The third-order valence-electron chi connectivity index (χ3n) is 3.94. The van der Waals surface area contributed by atoms with E-state index < -0.39 is 16.9 Å². The number of carbonyl (C=O) groups is 1. The van der Waals surface area contributed by atoms with Gasteiger partial charge in [0, 0.05) is 0 Å². The smallest absolute Gasteiger partial charge is 0.342 e. The van der Waals surface area contributed by atoms with E-state index in [0.29, 0.717) is 11.5 Å². The standard InChI is InChI=1S/C23H22O3S/c1-17(2)16-26-23(25)20-14-9-15-21(22(20)24)27(18-10-5-3-6-11-18)19-12-7-4-8-13-19/h3-15,17H,16H2,1-2H3/p+1. The highest BCUT2D eigenvalue weighted by atomic mass is 32.2. The first-order chi connectivity index (χ1) is 13.1. The lowest BCUT2D eigenvalue weighted by molar-refractivity contribution is 0.0455. The average molecular weight is 380 g/mol. The monoisotopic (exact) mass is 379 g/mol. The number of phenols is 1. The Bertz CT molecular complexity index is 853. The van der Waals surface area contributed by atoms with E-state index in [9.17, 15) is 9.90 Å². The molecule has 0 fully saturated rings. The molecular weight excluding hydrogens is 356 g/mol. The van der Waals surface area contributed by atoms with Crippen LogP contribution in [-0.2, 0) is 15.6 Å². The maximum absolute atomic E-state index is 12.4. The molecule has 0 aliphatic rings. The Labute approximate surface area is 163 Å². The van der Waals surface area contributed by atoms with Crippen molar-refractivity contribution in [2.24, 2.45) is 5.92 Å². The Morgan fingerprint density at radius 2 is 1.44 bits per heavy atom. The maximum Gasteiger partial charge on any atom is 0.342 e. The second-order valence-electron chi connectivity index (χ2n) is 6.58. The Balaban J connectivity index is 2.06. The molecule has 0 atom stereocenters. The van der Waals surface area contributed by atoms with E-state index in [1.54, 1.807) is 12.1 Å². The van der Waals surface area contributed by atoms with Crippen LogP contribution in [0.3, 0.4) is 0 Å². The lowest BCUT2D eigenvalue weighted by Gasteiger charge is -2.12. The first-order valence-electron chi connectivity index (χ1n) is 8.91. The molecule has 3 aromatic rings. The second-order valence-corrected chi connectivity index (χ2v) is 8.57. The number of esters is 1. The molecule has 0 aromatic heterocycles. The summed E-state index contributed by atoms with van der Waals surface area (Å²) in [5.41, 5.74) is 0.206. The molecule has 0 radical (unpaired) electrons. The van der Waals surface area contributed by atoms with Crippen molar-refractivity contribution >= 4 is 16.9 Å². The largest absolute Gasteiger partial charge is 0.503 e. The van der Waals surface area contributed by atoms with Crippen LogP contribution in [-0.4, -0.2) is 17.7 Å². The molecule has 4 heteroatoms. The highest BCUT2D eigenvalue weighted by molar-refractivity contribution is 7.97. The molecule has 0 aliphatic heterocycles. The van der Waals surface area contributed by atoms with Crippen LogP contribution < -0.4 is 0 Å². The fraction of sp³-hybridized carbons (Fsp3) is 0.174. The van der Waals surface area contributed by atoms with Gasteiger partial charge in [-0.15, -0.1) is 0 Å². The van der Waals surface area contributed by atoms with Gasteiger partial charge in [-0.3, -0.25) is 0 Å². The molecule has 27 heavy (non-hydrogen) atoms. The number of phenolic OH excluding ortho intramolecular Hbond substituents is 1. The summed E-state index contributed by atoms with van der Waals surface area (Å²) >= 11 is 0. The Hall–Kier alpha value is -2.72. The van der Waals surface area contributed by atoms with Crippen molar-refractivity contribution in [3.8, 4) is 5.75 Å². The van der Waals surface area contributed by atoms with Gasteiger partial charge >= 0.3 is 5.97 Å². The van der Waals surface area contributed by atoms with Crippen LogP contribution in [0.15, 0.2) is 93.5 Å². The Kier molecular flexibility index (Phi) is 6.20. The first kappa shape index (κ1) is 19.1. The van der Waals surface area contributed by atoms with Crippen molar-refractivity contribution in [3.05, 3.63) is 84.4 Å². The molecule has 0 aliphatic carbocycles. The Morgan fingerprint density at radius 1 is 0.889 bits per heavy atom. The van der Waals surface area contributed by atoms with Gasteiger partial charge in [0.1, 0.15) is 16.5 Å². The number of hydrogen-bond donors (Lipinski definition) is 1. The summed E-state index contributed by atoms with van der Waals surface area (Å²) in [6, 6.07) is 25.3. The maximum atomic E-state index is 12.4. The summed E-state index contributed by atoms with van der Waals surface area (Å²) in [4.78, 5) is 15.3. The molecule has 1 N–H and O–H groups in total. The number of ether oxygens (including phenoxy) is 1. The second kappa shape index (κ2) is 8.78. The van der Waals surface area contributed by atoms with Crippen LogP contribution in [0, 0.1) is 5.92 Å². The molecule has 3 rings (SSSR count). The molecular formula is C23H23O3S+. The average Bonchev–Trinajstić information content (AvgIpc) is 2.69. The summed E-state index contributed by atoms with van der Waals surface area (Å²) < 4.78 is 5.32. The summed E-state index contributed by atoms with van der Waals surface area (Å²) in [7, 11) is -0.524. The topological polar surface area (TPSA) is 46.5 Å². The van der Waals surface area contributed by atoms with Crippen LogP contribution in [0.1, 0.15) is 24.2 Å². The molecule has 0 spiro atoms. The third-order valence-corrected chi connectivity index (χ3v) is 6.20. The van der Waals surface area contributed by atoms with Crippen molar-refractivity contribution in [2.75, 3.05) is 6.61 Å². The molecule has 0 saturated carbocycles. The van der Waals surface area contributed by atoms with Gasteiger partial charge in [-0.2, -0.15) is 0 Å². The normalized spacial score (nSPS) is 11.0. The predicted octanol–water partition coefficient (Wildman–Crippen LogP) is 5.30. The molecule has 138 valence electrons. The zero-order valence-corrected chi connectivity index (χ0v) is 16.3. The molecule has 3 nitrogen and oxygen atoms in total. The van der Waals surface area contributed by atoms with Crippen LogP contribution in [0.2, 0.25) is 0 Å². The highest BCUT2D eigenvalue weighted by Gasteiger charge is 2.33. The summed E-state index contributed by atoms with van der Waals surface area (Å²) in [6.07, 6.45) is 0. The molecule has 0 saturated heterocycles. The molecule has 0 unspecified atom stereocenters. The van der Waals surface area contributed by atoms with Crippen molar-refractivity contribution in [1.29, 1.82) is 0 Å². The van der Waals surface area contributed by atoms with E-state index in [1.807, 2.05) is 80.6 Å². The minimum Gasteiger partial charge on any atom is -0.503 e. The quantitative estimate of drug-likeness (QED) is 0.467.